The molecule has 3 aliphatic heterocycles. The van der Waals surface area contributed by atoms with E-state index >= 15 is 0 Å². The fourth-order valence-corrected chi connectivity index (χ4v) is 10.8. The number of benzene rings is 3. The smallest absolute Gasteiger partial charge is 0.139 e. The van der Waals surface area contributed by atoms with Gasteiger partial charge >= 0.3 is 0 Å². The molecule has 52 heavy (non-hydrogen) atoms. The lowest BCUT2D eigenvalue weighted by Crippen LogP contribution is -2.53. The van der Waals surface area contributed by atoms with Gasteiger partial charge in [0.1, 0.15) is 23.4 Å². The van der Waals surface area contributed by atoms with Crippen molar-refractivity contribution in [3.8, 4) is 22.6 Å². The maximum absolute atomic E-state index is 7.33. The first-order valence-electron chi connectivity index (χ1n) is 19.1. The molecule has 0 bridgehead atoms. The molecule has 0 radical (unpaired) electrons. The zero-order valence-electron chi connectivity index (χ0n) is 29.1. The van der Waals surface area contributed by atoms with Gasteiger partial charge in [-0.05, 0) is 66.2 Å². The normalized spacial score (nSPS) is 31.3. The number of nitrogens with zero attached hydrogens (tertiary/aromatic N) is 1. The van der Waals surface area contributed by atoms with Crippen LogP contribution < -0.4 is 9.47 Å². The maximum atomic E-state index is 7.33. The molecule has 7 atom stereocenters. The van der Waals surface area contributed by atoms with Crippen LogP contribution in [0.4, 0.5) is 0 Å². The number of fused-ring (bicyclic) bond motifs is 10. The van der Waals surface area contributed by atoms with E-state index in [0.717, 1.165) is 48.5 Å². The topological polar surface area (TPSA) is 21.7 Å². The first-order chi connectivity index (χ1) is 25.8. The number of allylic oxidation sites excluding steroid dienone is 13. The Bertz CT molecular complexity index is 2310. The van der Waals surface area contributed by atoms with Crippen molar-refractivity contribution in [2.24, 2.45) is 17.8 Å². The molecule has 0 aromatic heterocycles. The molecule has 3 nitrogen and oxygen atoms in total. The van der Waals surface area contributed by atoms with Gasteiger partial charge in [0.05, 0.1) is 17.5 Å². The molecule has 5 aliphatic carbocycles. The third kappa shape index (κ3) is 4.20. The summed E-state index contributed by atoms with van der Waals surface area (Å²) in [6.07, 6.45) is 39.1. The van der Waals surface area contributed by atoms with Crippen molar-refractivity contribution in [2.45, 2.75) is 49.3 Å². The molecular weight excluding hydrogens is 635 g/mol. The lowest BCUT2D eigenvalue weighted by molar-refractivity contribution is 0.121. The van der Waals surface area contributed by atoms with Crippen LogP contribution in [0.3, 0.4) is 0 Å². The zero-order valence-corrected chi connectivity index (χ0v) is 29.1. The summed E-state index contributed by atoms with van der Waals surface area (Å²) in [7, 11) is 0. The highest BCUT2D eigenvalue weighted by Crippen LogP contribution is 2.63. The highest BCUT2D eigenvalue weighted by Gasteiger charge is 2.59. The van der Waals surface area contributed by atoms with E-state index in [1.165, 1.54) is 39.1 Å². The average molecular weight is 676 g/mol. The van der Waals surface area contributed by atoms with Crippen LogP contribution in [0.5, 0.6) is 11.5 Å². The van der Waals surface area contributed by atoms with Crippen molar-refractivity contribution in [1.29, 1.82) is 0 Å². The minimum Gasteiger partial charge on any atom is -0.485 e. The maximum Gasteiger partial charge on any atom is 0.139 e. The average Bonchev–Trinajstić information content (AvgIpc) is 3.56. The molecular formula is C49H41NO2. The van der Waals surface area contributed by atoms with E-state index in [9.17, 15) is 0 Å². The number of hydrogen-bond acceptors (Lipinski definition) is 3. The van der Waals surface area contributed by atoms with E-state index in [1.54, 1.807) is 0 Å². The Kier molecular flexibility index (Phi) is 6.80. The summed E-state index contributed by atoms with van der Waals surface area (Å²) < 4.78 is 14.4. The summed E-state index contributed by atoms with van der Waals surface area (Å²) in [6, 6.07) is 26.9. The summed E-state index contributed by atoms with van der Waals surface area (Å²) in [5.41, 5.74) is 9.84. The monoisotopic (exact) mass is 675 g/mol. The molecule has 0 saturated carbocycles. The van der Waals surface area contributed by atoms with Gasteiger partial charge in [-0.3, -0.25) is 0 Å². The Hall–Kier alpha value is -5.54. The van der Waals surface area contributed by atoms with Gasteiger partial charge in [0.25, 0.3) is 0 Å². The van der Waals surface area contributed by atoms with Crippen LogP contribution in [-0.2, 0) is 5.41 Å². The van der Waals surface area contributed by atoms with Gasteiger partial charge in [-0.15, -0.1) is 0 Å². The van der Waals surface area contributed by atoms with E-state index in [4.69, 9.17) is 9.47 Å². The van der Waals surface area contributed by atoms with Crippen LogP contribution in [0.15, 0.2) is 192 Å². The molecule has 3 aromatic carbocycles. The Morgan fingerprint density at radius 3 is 2.38 bits per heavy atom. The Labute approximate surface area is 306 Å². The van der Waals surface area contributed by atoms with Crippen LogP contribution >= 0.6 is 0 Å². The van der Waals surface area contributed by atoms with Crippen molar-refractivity contribution in [3.05, 3.63) is 203 Å². The van der Waals surface area contributed by atoms with Gasteiger partial charge in [-0.25, -0.2) is 0 Å². The minimum atomic E-state index is -0.463. The first kappa shape index (κ1) is 30.1. The summed E-state index contributed by atoms with van der Waals surface area (Å²) >= 11 is 0. The lowest BCUT2D eigenvalue weighted by Gasteiger charge is -2.54. The zero-order chi connectivity index (χ0) is 34.2. The predicted molar refractivity (Wildman–Crippen MR) is 209 cm³/mol. The van der Waals surface area contributed by atoms with E-state index in [1.807, 2.05) is 0 Å². The Balaban J connectivity index is 1.10. The van der Waals surface area contributed by atoms with Gasteiger partial charge in [0.15, 0.2) is 0 Å². The van der Waals surface area contributed by atoms with Crippen LogP contribution in [-0.4, -0.2) is 23.1 Å². The summed E-state index contributed by atoms with van der Waals surface area (Å²) in [6.45, 7) is 0. The van der Waals surface area contributed by atoms with E-state index in [0.29, 0.717) is 17.9 Å². The minimum absolute atomic E-state index is 0.0270. The number of likely N-dealkylation sites (tertiary alicyclic amines) is 1. The second-order valence-corrected chi connectivity index (χ2v) is 15.2. The second-order valence-electron chi connectivity index (χ2n) is 15.2. The Morgan fingerprint density at radius 1 is 0.654 bits per heavy atom. The highest BCUT2D eigenvalue weighted by atomic mass is 16.5. The quantitative estimate of drug-likeness (QED) is 0.276. The molecule has 0 N–H and O–H groups in total. The fourth-order valence-electron chi connectivity index (χ4n) is 10.8. The number of para-hydroxylation sites is 2. The van der Waals surface area contributed by atoms with Gasteiger partial charge < -0.3 is 14.4 Å². The fraction of sp³-hybridized carbons (Fsp3) is 0.224. The molecule has 254 valence electrons. The molecule has 1 fully saturated rings. The predicted octanol–water partition coefficient (Wildman–Crippen LogP) is 10.7. The van der Waals surface area contributed by atoms with Crippen molar-refractivity contribution >= 4 is 0 Å². The van der Waals surface area contributed by atoms with Gasteiger partial charge in [0, 0.05) is 40.1 Å². The van der Waals surface area contributed by atoms with Gasteiger partial charge in [-0.1, -0.05) is 146 Å². The van der Waals surface area contributed by atoms with Gasteiger partial charge in [-0.2, -0.15) is 0 Å². The van der Waals surface area contributed by atoms with Crippen molar-refractivity contribution in [3.63, 3.8) is 0 Å². The summed E-state index contributed by atoms with van der Waals surface area (Å²) in [4.78, 5) is 2.73. The van der Waals surface area contributed by atoms with Crippen LogP contribution in [0.25, 0.3) is 11.1 Å². The van der Waals surface area contributed by atoms with Gasteiger partial charge in [0.2, 0.25) is 0 Å². The second kappa shape index (κ2) is 11.7. The molecule has 1 spiro atoms. The van der Waals surface area contributed by atoms with Crippen LogP contribution in [0.1, 0.15) is 36.8 Å². The summed E-state index contributed by atoms with van der Waals surface area (Å²) in [5.74, 6) is 3.64. The molecule has 3 heterocycles. The third-order valence-corrected chi connectivity index (χ3v) is 12.8. The SMILES string of the molecule is C1=CCCC(N2C3C=CC=CC3C3C(C4=CC=CC5C4Oc4ccccc4C54C5=C(C=CCC5)Oc5c(-c6ccccc6)cccc54)=CC=CC32)=C1. The molecule has 3 heteroatoms. The van der Waals surface area contributed by atoms with E-state index < -0.39 is 5.41 Å². The molecule has 0 amide bonds. The molecule has 7 unspecified atom stereocenters. The third-order valence-electron chi connectivity index (χ3n) is 12.8. The standard InChI is InChI=1S/C49H41NO2/c1-3-16-32(17-4-1)34-21-13-26-40-47(34)51-44-30-11-8-24-38(44)49(40)39-25-9-12-31-45(39)52-48-36(23-14-27-41(48)49)35-22-15-29-43-46(35)37-20-7-10-28-42(37)50(43)33-18-5-2-6-19-33/h1-5,7,9-18,20-23,25-31,37,41-43,46,48H,6,8,19,24H2. The Morgan fingerprint density at radius 2 is 1.46 bits per heavy atom. The van der Waals surface area contributed by atoms with Crippen molar-refractivity contribution in [2.75, 3.05) is 0 Å². The molecule has 1 saturated heterocycles. The number of hydrogen-bond donors (Lipinski definition) is 0. The lowest BCUT2D eigenvalue weighted by atomic mass is 9.54. The highest BCUT2D eigenvalue weighted by molar-refractivity contribution is 5.78. The van der Waals surface area contributed by atoms with E-state index in [2.05, 4.69) is 169 Å². The molecule has 8 aliphatic rings. The number of rotatable bonds is 3. The largest absolute Gasteiger partial charge is 0.485 e. The van der Waals surface area contributed by atoms with Crippen molar-refractivity contribution < 1.29 is 9.47 Å². The van der Waals surface area contributed by atoms with Crippen molar-refractivity contribution in [1.82, 2.24) is 4.90 Å². The van der Waals surface area contributed by atoms with E-state index in [-0.39, 0.29) is 18.1 Å². The summed E-state index contributed by atoms with van der Waals surface area (Å²) in [5, 5.41) is 0. The molecule has 11 rings (SSSR count). The van der Waals surface area contributed by atoms with Crippen LogP contribution in [0, 0.1) is 17.8 Å². The molecule has 3 aromatic rings. The first-order valence-corrected chi connectivity index (χ1v) is 19.1. The number of ether oxygens (including phenoxy) is 2. The van der Waals surface area contributed by atoms with Crippen LogP contribution in [0.2, 0.25) is 0 Å².